The van der Waals surface area contributed by atoms with Gasteiger partial charge < -0.3 is 18.7 Å². The molecule has 0 saturated heterocycles. The van der Waals surface area contributed by atoms with E-state index in [4.69, 9.17) is 18.8 Å². The number of fused-ring (bicyclic) bond motifs is 9. The topological polar surface area (TPSA) is 68.0 Å². The van der Waals surface area contributed by atoms with E-state index in [9.17, 15) is 0 Å². The van der Waals surface area contributed by atoms with Crippen LogP contribution in [0.5, 0.6) is 0 Å². The molecule has 0 bridgehead atoms. The molecule has 1 N–H and O–H groups in total. The van der Waals surface area contributed by atoms with Gasteiger partial charge in [0.25, 0.3) is 0 Å². The minimum absolute atomic E-state index is 0.273. The summed E-state index contributed by atoms with van der Waals surface area (Å²) in [5.74, 6) is 1.45. The lowest BCUT2D eigenvalue weighted by Gasteiger charge is -2.23. The van der Waals surface area contributed by atoms with Gasteiger partial charge in [-0.05, 0) is 77.4 Å². The molecule has 6 heteroatoms. The minimum atomic E-state index is -0.273. The fraction of sp³-hybridized carbons (Fsp3) is 0.0196. The maximum Gasteiger partial charge on any atom is 0.159 e. The first-order valence-electron chi connectivity index (χ1n) is 19.2. The largest absolute Gasteiger partial charge is 0.456 e. The van der Waals surface area contributed by atoms with Gasteiger partial charge in [0.15, 0.2) is 5.84 Å². The van der Waals surface area contributed by atoms with Crippen LogP contribution in [-0.2, 0) is 0 Å². The molecule has 0 saturated carbocycles. The van der Waals surface area contributed by atoms with Crippen molar-refractivity contribution in [2.75, 3.05) is 0 Å². The molecule has 8 aromatic carbocycles. The molecule has 1 unspecified atom stereocenters. The highest BCUT2D eigenvalue weighted by molar-refractivity contribution is 6.16. The van der Waals surface area contributed by atoms with E-state index in [1.165, 1.54) is 10.8 Å². The van der Waals surface area contributed by atoms with Gasteiger partial charge in [-0.3, -0.25) is 0 Å². The van der Waals surface area contributed by atoms with Crippen molar-refractivity contribution in [3.63, 3.8) is 0 Å². The van der Waals surface area contributed by atoms with Gasteiger partial charge in [-0.15, -0.1) is 0 Å². The highest BCUT2D eigenvalue weighted by Crippen LogP contribution is 2.39. The van der Waals surface area contributed by atoms with E-state index in [0.717, 1.165) is 94.3 Å². The van der Waals surface area contributed by atoms with Crippen LogP contribution in [0.25, 0.3) is 82.5 Å². The summed E-state index contributed by atoms with van der Waals surface area (Å²) in [6.45, 7) is 0. The van der Waals surface area contributed by atoms with E-state index in [1.54, 1.807) is 0 Å². The molecule has 268 valence electrons. The summed E-state index contributed by atoms with van der Waals surface area (Å²) in [4.78, 5) is 10.0. The van der Waals surface area contributed by atoms with E-state index >= 15 is 0 Å². The summed E-state index contributed by atoms with van der Waals surface area (Å²) in [7, 11) is 0. The highest BCUT2D eigenvalue weighted by atomic mass is 16.3. The maximum atomic E-state index is 6.67. The average Bonchev–Trinajstić information content (AvgIpc) is 3.95. The lowest BCUT2D eigenvalue weighted by Crippen LogP contribution is -2.33. The van der Waals surface area contributed by atoms with Gasteiger partial charge >= 0.3 is 0 Å². The molecule has 1 atom stereocenters. The lowest BCUT2D eigenvalue weighted by atomic mass is 10.0. The monoisotopic (exact) mass is 732 g/mol. The second kappa shape index (κ2) is 12.4. The Balaban J connectivity index is 0.944. The first-order valence-corrected chi connectivity index (χ1v) is 19.2. The summed E-state index contributed by atoms with van der Waals surface area (Å²) in [6, 6.07) is 63.4. The number of aliphatic imine (C=N–C) groups is 2. The first-order chi connectivity index (χ1) is 28.2. The van der Waals surface area contributed by atoms with Crippen molar-refractivity contribution in [1.82, 2.24) is 9.88 Å². The van der Waals surface area contributed by atoms with Crippen molar-refractivity contribution in [1.29, 1.82) is 0 Å². The van der Waals surface area contributed by atoms with Crippen LogP contribution in [0.3, 0.4) is 0 Å². The smallest absolute Gasteiger partial charge is 0.159 e. The van der Waals surface area contributed by atoms with Crippen LogP contribution in [0.15, 0.2) is 201 Å². The lowest BCUT2D eigenvalue weighted by molar-refractivity contribution is 0.666. The standard InChI is InChI=1S/C51H32N4O2/c1-3-11-31(12-4-1)49-52-50(32-13-5-2-6-14-32)54-51(53-49)35-19-23-39-40-24-22-36(30-48(40)57-47(39)29-35)55-43-17-9-7-15-37(43)41-27-33(20-25-44(41)55)34-21-26-46-42(28-34)38-16-8-10-18-45(38)56-46/h1-30,49H,(H,52,53,54). The summed E-state index contributed by atoms with van der Waals surface area (Å²) in [5, 5.41) is 10.4. The zero-order valence-electron chi connectivity index (χ0n) is 30.6. The number of hydrogen-bond donors (Lipinski definition) is 1. The molecule has 0 spiro atoms. The normalized spacial score (nSPS) is 14.5. The Morgan fingerprint density at radius 2 is 1.04 bits per heavy atom. The zero-order chi connectivity index (χ0) is 37.5. The number of rotatable bonds is 5. The van der Waals surface area contributed by atoms with Crippen LogP contribution in [0.2, 0.25) is 0 Å². The van der Waals surface area contributed by atoms with Crippen LogP contribution in [0.1, 0.15) is 22.9 Å². The Morgan fingerprint density at radius 3 is 1.89 bits per heavy atom. The van der Waals surface area contributed by atoms with Gasteiger partial charge in [0.05, 0.1) is 11.0 Å². The first kappa shape index (κ1) is 31.6. The summed E-state index contributed by atoms with van der Waals surface area (Å²) in [6.07, 6.45) is -0.273. The van der Waals surface area contributed by atoms with E-state index in [1.807, 2.05) is 60.7 Å². The predicted octanol–water partition coefficient (Wildman–Crippen LogP) is 12.7. The van der Waals surface area contributed by atoms with Crippen molar-refractivity contribution in [2.45, 2.75) is 6.17 Å². The Labute approximate surface area is 326 Å². The van der Waals surface area contributed by atoms with Crippen molar-refractivity contribution in [2.24, 2.45) is 9.98 Å². The molecule has 12 rings (SSSR count). The van der Waals surface area contributed by atoms with Crippen LogP contribution in [0, 0.1) is 0 Å². The third-order valence-electron chi connectivity index (χ3n) is 11.3. The van der Waals surface area contributed by atoms with E-state index in [0.29, 0.717) is 5.84 Å². The predicted molar refractivity (Wildman–Crippen MR) is 233 cm³/mol. The number of furan rings is 2. The van der Waals surface area contributed by atoms with Crippen molar-refractivity contribution < 1.29 is 8.83 Å². The molecule has 1 aliphatic rings. The molecule has 3 aromatic heterocycles. The molecule has 57 heavy (non-hydrogen) atoms. The Morgan fingerprint density at radius 1 is 0.421 bits per heavy atom. The molecule has 11 aromatic rings. The van der Waals surface area contributed by atoms with E-state index in [-0.39, 0.29) is 6.17 Å². The van der Waals surface area contributed by atoms with Crippen LogP contribution in [-0.4, -0.2) is 16.2 Å². The molecule has 0 fully saturated rings. The number of aromatic nitrogens is 1. The molecule has 4 heterocycles. The zero-order valence-corrected chi connectivity index (χ0v) is 30.6. The SMILES string of the molecule is c1ccc(C2=NC(c3ccccc3)NC(c3ccc4c(c3)oc3cc(-n5c6ccccc6c6cc(-c7ccc8oc9ccccc9c8c7)ccc65)ccc34)=N2)cc1. The van der Waals surface area contributed by atoms with Gasteiger partial charge in [0.1, 0.15) is 34.3 Å². The summed E-state index contributed by atoms with van der Waals surface area (Å²) >= 11 is 0. The second-order valence-corrected chi connectivity index (χ2v) is 14.6. The quantitative estimate of drug-likeness (QED) is 0.192. The van der Waals surface area contributed by atoms with Crippen LogP contribution < -0.4 is 5.32 Å². The average molecular weight is 733 g/mol. The Hall–Kier alpha value is -7.70. The summed E-state index contributed by atoms with van der Waals surface area (Å²) < 4.78 is 15.1. The van der Waals surface area contributed by atoms with E-state index in [2.05, 4.69) is 131 Å². The van der Waals surface area contributed by atoms with Gasteiger partial charge in [0.2, 0.25) is 0 Å². The summed E-state index contributed by atoms with van der Waals surface area (Å²) in [5.41, 5.74) is 12.1. The van der Waals surface area contributed by atoms with Gasteiger partial charge in [-0.1, -0.05) is 115 Å². The number of para-hydroxylation sites is 2. The van der Waals surface area contributed by atoms with Crippen LogP contribution in [0.4, 0.5) is 0 Å². The molecule has 1 aliphatic heterocycles. The molecular formula is C51H32N4O2. The number of amidine groups is 2. The maximum absolute atomic E-state index is 6.67. The number of benzene rings is 8. The minimum Gasteiger partial charge on any atom is -0.456 e. The molecule has 6 nitrogen and oxygen atoms in total. The van der Waals surface area contributed by atoms with Gasteiger partial charge in [-0.2, -0.15) is 0 Å². The molecule has 0 radical (unpaired) electrons. The van der Waals surface area contributed by atoms with Gasteiger partial charge in [0, 0.05) is 55.2 Å². The Bertz CT molecular complexity index is 3440. The van der Waals surface area contributed by atoms with Crippen molar-refractivity contribution >= 4 is 77.4 Å². The third kappa shape index (κ3) is 5.11. The van der Waals surface area contributed by atoms with E-state index < -0.39 is 0 Å². The molecule has 0 aliphatic carbocycles. The van der Waals surface area contributed by atoms with Gasteiger partial charge in [-0.25, -0.2) is 9.98 Å². The fourth-order valence-corrected chi connectivity index (χ4v) is 8.51. The van der Waals surface area contributed by atoms with Crippen LogP contribution >= 0.6 is 0 Å². The van der Waals surface area contributed by atoms with Crippen molar-refractivity contribution in [3.8, 4) is 16.8 Å². The van der Waals surface area contributed by atoms with Crippen molar-refractivity contribution in [3.05, 3.63) is 199 Å². The fourth-order valence-electron chi connectivity index (χ4n) is 8.51. The number of nitrogens with one attached hydrogen (secondary N) is 1. The highest BCUT2D eigenvalue weighted by Gasteiger charge is 2.22. The molecular weight excluding hydrogens is 701 g/mol. The number of hydrogen-bond acceptors (Lipinski definition) is 5. The second-order valence-electron chi connectivity index (χ2n) is 14.6. The number of nitrogens with zero attached hydrogens (tertiary/aromatic N) is 3. The Kier molecular flexibility index (Phi) is 6.89. The molecule has 0 amide bonds. The third-order valence-corrected chi connectivity index (χ3v) is 11.3.